The molecule has 2 heterocycles. The van der Waals surface area contributed by atoms with Crippen molar-refractivity contribution in [2.45, 2.75) is 90.3 Å². The summed E-state index contributed by atoms with van der Waals surface area (Å²) in [4.78, 5) is 30.3. The van der Waals surface area contributed by atoms with Crippen LogP contribution in [-0.4, -0.2) is 58.5 Å². The molecule has 6 nitrogen and oxygen atoms in total. The molecule has 0 spiro atoms. The van der Waals surface area contributed by atoms with Crippen LogP contribution in [0.25, 0.3) is 0 Å². The first-order chi connectivity index (χ1) is 15.1. The maximum Gasteiger partial charge on any atom is 0.321 e. The van der Waals surface area contributed by atoms with Gasteiger partial charge in [-0.25, -0.2) is 4.79 Å². The van der Waals surface area contributed by atoms with E-state index in [4.69, 9.17) is 0 Å². The number of rotatable bonds is 6. The van der Waals surface area contributed by atoms with Crippen LogP contribution in [0.5, 0.6) is 0 Å². The smallest absolute Gasteiger partial charge is 0.321 e. The van der Waals surface area contributed by atoms with Gasteiger partial charge < -0.3 is 20.4 Å². The Morgan fingerprint density at radius 1 is 1.06 bits per heavy atom. The molecule has 0 unspecified atom stereocenters. The molecule has 6 heteroatoms. The van der Waals surface area contributed by atoms with Crippen molar-refractivity contribution < 1.29 is 9.59 Å². The normalized spacial score (nSPS) is 21.2. The molecule has 0 aromatic heterocycles. The van der Waals surface area contributed by atoms with E-state index in [-0.39, 0.29) is 29.1 Å². The van der Waals surface area contributed by atoms with Crippen molar-refractivity contribution in [3.8, 4) is 0 Å². The number of amides is 3. The summed E-state index contributed by atoms with van der Waals surface area (Å²) in [5, 5.41) is 6.70. The molecule has 3 rings (SSSR count). The third kappa shape index (κ3) is 6.47. The van der Waals surface area contributed by atoms with Gasteiger partial charge in [-0.15, -0.1) is 0 Å². The van der Waals surface area contributed by atoms with Gasteiger partial charge in [0.15, 0.2) is 0 Å². The lowest BCUT2D eigenvalue weighted by molar-refractivity contribution is -0.141. The molecule has 2 N–H and O–H groups in total. The van der Waals surface area contributed by atoms with Gasteiger partial charge >= 0.3 is 6.03 Å². The van der Waals surface area contributed by atoms with E-state index in [1.165, 1.54) is 0 Å². The minimum Gasteiger partial charge on any atom is -0.339 e. The van der Waals surface area contributed by atoms with Crippen LogP contribution in [0.15, 0.2) is 30.3 Å². The van der Waals surface area contributed by atoms with Gasteiger partial charge in [0.2, 0.25) is 5.91 Å². The number of carbonyl (C=O) groups is 2. The van der Waals surface area contributed by atoms with Crippen molar-refractivity contribution in [2.24, 2.45) is 5.92 Å². The number of carbonyl (C=O) groups excluding carboxylic acids is 2. The Labute approximate surface area is 194 Å². The van der Waals surface area contributed by atoms with E-state index in [9.17, 15) is 9.59 Å². The Balaban J connectivity index is 1.62. The molecule has 0 saturated carbocycles. The van der Waals surface area contributed by atoms with Crippen molar-refractivity contribution in [2.75, 3.05) is 25.0 Å². The van der Waals surface area contributed by atoms with Crippen LogP contribution in [-0.2, 0) is 4.79 Å². The number of benzene rings is 1. The van der Waals surface area contributed by atoms with Crippen molar-refractivity contribution >= 4 is 17.6 Å². The summed E-state index contributed by atoms with van der Waals surface area (Å²) >= 11 is 0. The van der Waals surface area contributed by atoms with E-state index in [2.05, 4.69) is 50.2 Å². The number of urea groups is 1. The number of nitrogens with zero attached hydrogens (tertiary/aromatic N) is 2. The quantitative estimate of drug-likeness (QED) is 0.661. The highest BCUT2D eigenvalue weighted by atomic mass is 16.2. The molecule has 0 atom stereocenters. The summed E-state index contributed by atoms with van der Waals surface area (Å²) in [5.74, 6) is 0.300. The Morgan fingerprint density at radius 2 is 1.66 bits per heavy atom. The fraction of sp³-hybridized carbons (Fsp3) is 0.692. The van der Waals surface area contributed by atoms with E-state index in [0.29, 0.717) is 19.0 Å². The number of likely N-dealkylation sites (tertiary alicyclic amines) is 1. The van der Waals surface area contributed by atoms with Gasteiger partial charge in [-0.1, -0.05) is 31.5 Å². The minimum absolute atomic E-state index is 0.00809. The maximum absolute atomic E-state index is 13.7. The Hall–Kier alpha value is -2.08. The number of hydrogen-bond donors (Lipinski definition) is 2. The number of anilines is 1. The van der Waals surface area contributed by atoms with E-state index < -0.39 is 0 Å². The summed E-state index contributed by atoms with van der Waals surface area (Å²) in [6, 6.07) is 9.72. The fourth-order valence-electron chi connectivity index (χ4n) is 5.58. The summed E-state index contributed by atoms with van der Waals surface area (Å²) in [7, 11) is 0. The molecule has 3 amide bonds. The van der Waals surface area contributed by atoms with E-state index in [1.807, 2.05) is 35.2 Å². The molecular formula is C26H42N4O2. The summed E-state index contributed by atoms with van der Waals surface area (Å²) < 4.78 is 0. The molecule has 0 bridgehead atoms. The molecule has 2 aliphatic rings. The molecule has 2 fully saturated rings. The monoisotopic (exact) mass is 442 g/mol. The number of nitrogens with one attached hydrogen (secondary N) is 2. The third-order valence-corrected chi connectivity index (χ3v) is 6.80. The predicted molar refractivity (Wildman–Crippen MR) is 131 cm³/mol. The second-order valence-corrected chi connectivity index (χ2v) is 10.9. The molecule has 1 aromatic rings. The molecule has 1 aromatic carbocycles. The van der Waals surface area contributed by atoms with Crippen molar-refractivity contribution in [1.29, 1.82) is 0 Å². The van der Waals surface area contributed by atoms with Crippen LogP contribution in [0, 0.1) is 5.92 Å². The molecule has 0 aliphatic carbocycles. The molecule has 2 aliphatic heterocycles. The Morgan fingerprint density at radius 3 is 2.22 bits per heavy atom. The first-order valence-electron chi connectivity index (χ1n) is 12.3. The van der Waals surface area contributed by atoms with E-state index >= 15 is 0 Å². The lowest BCUT2D eigenvalue weighted by Gasteiger charge is -2.50. The van der Waals surface area contributed by atoms with Crippen LogP contribution in [0.3, 0.4) is 0 Å². The third-order valence-electron chi connectivity index (χ3n) is 6.80. The Kier molecular flexibility index (Phi) is 7.86. The fourth-order valence-corrected chi connectivity index (χ4v) is 5.58. The zero-order chi connectivity index (χ0) is 23.4. The molecule has 178 valence electrons. The van der Waals surface area contributed by atoms with Gasteiger partial charge in [-0.2, -0.15) is 0 Å². The molecular weight excluding hydrogens is 400 g/mol. The topological polar surface area (TPSA) is 64.7 Å². The first kappa shape index (κ1) is 24.6. The average Bonchev–Trinajstić information content (AvgIpc) is 2.72. The maximum atomic E-state index is 13.7. The summed E-state index contributed by atoms with van der Waals surface area (Å²) in [6.45, 7) is 13.2. The van der Waals surface area contributed by atoms with Gasteiger partial charge in [0.05, 0.1) is 0 Å². The zero-order valence-electron chi connectivity index (χ0n) is 20.6. The highest BCUT2D eigenvalue weighted by molar-refractivity contribution is 5.89. The minimum atomic E-state index is -0.0770. The van der Waals surface area contributed by atoms with E-state index in [1.54, 1.807) is 0 Å². The van der Waals surface area contributed by atoms with Gasteiger partial charge in [-0.3, -0.25) is 4.79 Å². The van der Waals surface area contributed by atoms with Crippen molar-refractivity contribution in [1.82, 2.24) is 15.1 Å². The lowest BCUT2D eigenvalue weighted by Crippen LogP contribution is -2.63. The number of hydrogen-bond acceptors (Lipinski definition) is 3. The predicted octanol–water partition coefficient (Wildman–Crippen LogP) is 4.87. The molecule has 2 saturated heterocycles. The average molecular weight is 443 g/mol. The van der Waals surface area contributed by atoms with Crippen LogP contribution in [0.4, 0.5) is 10.5 Å². The van der Waals surface area contributed by atoms with Gasteiger partial charge in [0, 0.05) is 48.4 Å². The van der Waals surface area contributed by atoms with Crippen molar-refractivity contribution in [3.63, 3.8) is 0 Å². The van der Waals surface area contributed by atoms with Gasteiger partial charge in [-0.05, 0) is 71.9 Å². The second kappa shape index (κ2) is 10.2. The molecule has 32 heavy (non-hydrogen) atoms. The van der Waals surface area contributed by atoms with Gasteiger partial charge in [0.25, 0.3) is 0 Å². The van der Waals surface area contributed by atoms with Crippen molar-refractivity contribution in [3.05, 3.63) is 30.3 Å². The zero-order valence-corrected chi connectivity index (χ0v) is 20.6. The summed E-state index contributed by atoms with van der Waals surface area (Å²) in [6.07, 6.45) is 5.55. The Bertz CT molecular complexity index is 753. The number of unbranched alkanes of at least 4 members (excludes halogenated alkanes) is 1. The standard InChI is InChI=1S/C26H42N4O2/c1-6-7-15-30(22-18-25(2,3)28-26(4,5)19-22)23(31)20-13-16-29(17-14-20)24(32)27-21-11-9-8-10-12-21/h8-12,20,22,28H,6-7,13-19H2,1-5H3,(H,27,32). The summed E-state index contributed by atoms with van der Waals surface area (Å²) in [5.41, 5.74) is 0.823. The van der Waals surface area contributed by atoms with Crippen LogP contribution < -0.4 is 10.6 Å². The lowest BCUT2D eigenvalue weighted by atomic mass is 9.78. The van der Waals surface area contributed by atoms with E-state index in [0.717, 1.165) is 50.8 Å². The van der Waals surface area contributed by atoms with Gasteiger partial charge in [0.1, 0.15) is 0 Å². The first-order valence-corrected chi connectivity index (χ1v) is 12.3. The van der Waals surface area contributed by atoms with Crippen LogP contribution in [0.1, 0.15) is 73.1 Å². The SMILES string of the molecule is CCCCN(C(=O)C1CCN(C(=O)Nc2ccccc2)CC1)C1CC(C)(C)NC(C)(C)C1. The highest BCUT2D eigenvalue weighted by Gasteiger charge is 2.42. The van der Waals surface area contributed by atoms with Crippen LogP contribution >= 0.6 is 0 Å². The number of piperidine rings is 2. The second-order valence-electron chi connectivity index (χ2n) is 10.9. The number of para-hydroxylation sites is 1. The van der Waals surface area contributed by atoms with Crippen LogP contribution in [0.2, 0.25) is 0 Å². The largest absolute Gasteiger partial charge is 0.339 e. The highest BCUT2D eigenvalue weighted by Crippen LogP contribution is 2.33. The molecule has 0 radical (unpaired) electrons.